The molecule has 5 nitrogen and oxygen atoms in total. The summed E-state index contributed by atoms with van der Waals surface area (Å²) >= 11 is 6.44. The summed E-state index contributed by atoms with van der Waals surface area (Å²) in [5.74, 6) is 1.00. The van der Waals surface area contributed by atoms with Crippen LogP contribution in [0.4, 0.5) is 0 Å². The van der Waals surface area contributed by atoms with Crippen LogP contribution in [0.3, 0.4) is 0 Å². The second-order valence-electron chi connectivity index (χ2n) is 11.9. The summed E-state index contributed by atoms with van der Waals surface area (Å²) < 4.78 is 12.0. The molecule has 6 heteroatoms. The van der Waals surface area contributed by atoms with Gasteiger partial charge in [-0.2, -0.15) is 0 Å². The highest BCUT2D eigenvalue weighted by atomic mass is 35.5. The number of fused-ring (bicyclic) bond motifs is 1. The van der Waals surface area contributed by atoms with E-state index in [2.05, 4.69) is 52.6 Å². The Morgan fingerprint density at radius 1 is 0.895 bits per heavy atom. The summed E-state index contributed by atoms with van der Waals surface area (Å²) in [6, 6.07) is 13.8. The van der Waals surface area contributed by atoms with Gasteiger partial charge < -0.3 is 9.15 Å². The third-order valence-electron chi connectivity index (χ3n) is 6.57. The first-order valence-electron chi connectivity index (χ1n) is 13.2. The number of aromatic nitrogens is 2. The van der Waals surface area contributed by atoms with Crippen LogP contribution in [0.1, 0.15) is 82.3 Å². The molecule has 200 valence electrons. The van der Waals surface area contributed by atoms with E-state index >= 15 is 0 Å². The Kier molecular flexibility index (Phi) is 7.98. The molecular weight excluding hydrogens is 496 g/mol. The summed E-state index contributed by atoms with van der Waals surface area (Å²) in [7, 11) is 0. The number of aryl methyl sites for hydroxylation is 4. The Bertz CT molecular complexity index is 1440. The Labute approximate surface area is 230 Å². The summed E-state index contributed by atoms with van der Waals surface area (Å²) in [5, 5.41) is 0.652. The summed E-state index contributed by atoms with van der Waals surface area (Å²) in [6.07, 6.45) is 4.77. The number of pyridine rings is 1. The Balaban J connectivity index is 1.66. The van der Waals surface area contributed by atoms with Crippen LogP contribution in [0.15, 0.2) is 53.1 Å². The Morgan fingerprint density at radius 3 is 2.24 bits per heavy atom. The molecule has 0 aliphatic rings. The third kappa shape index (κ3) is 6.44. The van der Waals surface area contributed by atoms with Crippen LogP contribution in [0.5, 0.6) is 5.75 Å². The van der Waals surface area contributed by atoms with Crippen LogP contribution in [-0.2, 0) is 41.3 Å². The van der Waals surface area contributed by atoms with Crippen molar-refractivity contribution in [2.24, 2.45) is 0 Å². The first kappa shape index (κ1) is 27.8. The monoisotopic (exact) mass is 532 g/mol. The fraction of sp³-hybridized carbons (Fsp3) is 0.406. The number of carbonyl (C=O) groups excluding carboxylic acids is 1. The lowest BCUT2D eigenvalue weighted by molar-refractivity contribution is -0.131. The van der Waals surface area contributed by atoms with Crippen LogP contribution >= 0.6 is 11.6 Å². The number of hydrogen-bond acceptors (Lipinski definition) is 5. The van der Waals surface area contributed by atoms with E-state index in [1.807, 2.05) is 42.6 Å². The highest BCUT2D eigenvalue weighted by Gasteiger charge is 2.31. The van der Waals surface area contributed by atoms with Crippen molar-refractivity contribution in [3.8, 4) is 5.75 Å². The molecule has 4 rings (SSSR count). The topological polar surface area (TPSA) is 65.2 Å². The molecule has 2 heterocycles. The van der Waals surface area contributed by atoms with E-state index in [4.69, 9.17) is 25.7 Å². The molecule has 0 saturated heterocycles. The quantitative estimate of drug-likeness (QED) is 0.178. The van der Waals surface area contributed by atoms with Gasteiger partial charge in [-0.25, -0.2) is 4.98 Å². The minimum Gasteiger partial charge on any atom is -0.440 e. The third-order valence-corrected chi connectivity index (χ3v) is 6.79. The van der Waals surface area contributed by atoms with Crippen LogP contribution in [0.2, 0.25) is 5.02 Å². The average Bonchev–Trinajstić information content (AvgIpc) is 3.23. The lowest BCUT2D eigenvalue weighted by Crippen LogP contribution is -2.25. The fourth-order valence-corrected chi connectivity index (χ4v) is 5.36. The van der Waals surface area contributed by atoms with Gasteiger partial charge in [-0.15, -0.1) is 0 Å². The average molecular weight is 533 g/mol. The van der Waals surface area contributed by atoms with E-state index in [9.17, 15) is 4.79 Å². The molecule has 0 N–H and O–H groups in total. The van der Waals surface area contributed by atoms with E-state index in [1.54, 1.807) is 0 Å². The second-order valence-corrected chi connectivity index (χ2v) is 12.3. The van der Waals surface area contributed by atoms with Gasteiger partial charge in [0.1, 0.15) is 11.3 Å². The number of carbonyl (C=O) groups is 1. The number of esters is 1. The van der Waals surface area contributed by atoms with E-state index in [0.29, 0.717) is 23.1 Å². The van der Waals surface area contributed by atoms with Gasteiger partial charge in [0.05, 0.1) is 0 Å². The van der Waals surface area contributed by atoms with E-state index in [-0.39, 0.29) is 16.8 Å². The van der Waals surface area contributed by atoms with Crippen molar-refractivity contribution >= 4 is 28.7 Å². The molecule has 0 bridgehead atoms. The standard InChI is InChI=1S/C32H37ClN2O3/c1-20(36)37-26-15-12-21(28(31(2,3)4)29(26)32(5,6)7)13-16-27-35-25-19-23(33)18-22(30(25)38-27)11-14-24-10-8-9-17-34-24/h8-10,12,15,17-19H,11,13-14,16H2,1-7H3. The minimum atomic E-state index is -0.313. The molecule has 4 aromatic rings. The van der Waals surface area contributed by atoms with Crippen molar-refractivity contribution in [1.29, 1.82) is 0 Å². The van der Waals surface area contributed by atoms with Crippen molar-refractivity contribution in [3.05, 3.63) is 87.5 Å². The Morgan fingerprint density at radius 2 is 1.61 bits per heavy atom. The second kappa shape index (κ2) is 10.9. The maximum atomic E-state index is 11.9. The zero-order chi connectivity index (χ0) is 27.7. The zero-order valence-corrected chi connectivity index (χ0v) is 24.2. The van der Waals surface area contributed by atoms with Gasteiger partial charge in [-0.05, 0) is 77.1 Å². The molecule has 0 radical (unpaired) electrons. The summed E-state index contributed by atoms with van der Waals surface area (Å²) in [4.78, 5) is 21.1. The van der Waals surface area contributed by atoms with E-state index in [0.717, 1.165) is 47.2 Å². The number of halogens is 1. The molecule has 0 unspecified atom stereocenters. The maximum Gasteiger partial charge on any atom is 0.308 e. The SMILES string of the molecule is CC(=O)Oc1ccc(CCc2nc3cc(Cl)cc(CCc4ccccn4)c3o2)c(C(C)(C)C)c1C(C)(C)C. The van der Waals surface area contributed by atoms with Gasteiger partial charge >= 0.3 is 5.97 Å². The summed E-state index contributed by atoms with van der Waals surface area (Å²) in [6.45, 7) is 14.5. The van der Waals surface area contributed by atoms with Crippen LogP contribution in [0, 0.1) is 0 Å². The number of ether oxygens (including phenoxy) is 1. The molecule has 38 heavy (non-hydrogen) atoms. The van der Waals surface area contributed by atoms with Crippen LogP contribution < -0.4 is 4.74 Å². The molecule has 0 aliphatic carbocycles. The zero-order valence-electron chi connectivity index (χ0n) is 23.4. The predicted molar refractivity (Wildman–Crippen MR) is 153 cm³/mol. The number of hydrogen-bond donors (Lipinski definition) is 0. The lowest BCUT2D eigenvalue weighted by atomic mass is 9.72. The lowest BCUT2D eigenvalue weighted by Gasteiger charge is -2.33. The number of rotatable bonds is 7. The summed E-state index contributed by atoms with van der Waals surface area (Å²) in [5.41, 5.74) is 6.75. The molecule has 0 aliphatic heterocycles. The minimum absolute atomic E-state index is 0.151. The fourth-order valence-electron chi connectivity index (χ4n) is 5.13. The smallest absolute Gasteiger partial charge is 0.308 e. The Hall–Kier alpha value is -3.18. The molecule has 0 fully saturated rings. The van der Waals surface area contributed by atoms with Gasteiger partial charge in [0.15, 0.2) is 11.5 Å². The highest BCUT2D eigenvalue weighted by Crippen LogP contribution is 2.42. The molecule has 2 aromatic heterocycles. The van der Waals surface area contributed by atoms with Gasteiger partial charge in [0, 0.05) is 35.8 Å². The number of nitrogens with zero attached hydrogens (tertiary/aromatic N) is 2. The van der Waals surface area contributed by atoms with Crippen molar-refractivity contribution in [2.75, 3.05) is 0 Å². The van der Waals surface area contributed by atoms with Gasteiger partial charge in [-0.3, -0.25) is 9.78 Å². The molecule has 0 spiro atoms. The van der Waals surface area contributed by atoms with E-state index in [1.165, 1.54) is 18.1 Å². The molecule has 2 aromatic carbocycles. The maximum absolute atomic E-state index is 11.9. The molecule has 0 saturated carbocycles. The van der Waals surface area contributed by atoms with Crippen molar-refractivity contribution in [2.45, 2.75) is 85.0 Å². The van der Waals surface area contributed by atoms with Crippen molar-refractivity contribution in [1.82, 2.24) is 9.97 Å². The van der Waals surface area contributed by atoms with Gasteiger partial charge in [-0.1, -0.05) is 65.3 Å². The van der Waals surface area contributed by atoms with Crippen LogP contribution in [-0.4, -0.2) is 15.9 Å². The van der Waals surface area contributed by atoms with Crippen molar-refractivity contribution < 1.29 is 13.9 Å². The number of benzene rings is 2. The highest BCUT2D eigenvalue weighted by molar-refractivity contribution is 6.31. The van der Waals surface area contributed by atoms with Crippen molar-refractivity contribution in [3.63, 3.8) is 0 Å². The van der Waals surface area contributed by atoms with Gasteiger partial charge in [0.2, 0.25) is 0 Å². The first-order chi connectivity index (χ1) is 17.8. The molecular formula is C32H37ClN2O3. The molecule has 0 amide bonds. The predicted octanol–water partition coefficient (Wildman–Crippen LogP) is 7.97. The normalized spacial score (nSPS) is 12.2. The van der Waals surface area contributed by atoms with E-state index < -0.39 is 0 Å². The number of oxazole rings is 1. The largest absolute Gasteiger partial charge is 0.440 e. The van der Waals surface area contributed by atoms with Gasteiger partial charge in [0.25, 0.3) is 0 Å². The molecule has 0 atom stereocenters. The first-order valence-corrected chi connectivity index (χ1v) is 13.5. The van der Waals surface area contributed by atoms with Crippen LogP contribution in [0.25, 0.3) is 11.1 Å².